The van der Waals surface area contributed by atoms with Gasteiger partial charge in [0.15, 0.2) is 0 Å². The molecule has 0 radical (unpaired) electrons. The Labute approximate surface area is 223 Å². The molecular weight excluding hydrogens is 554 g/mol. The Hall–Kier alpha value is -3.46. The number of benzene rings is 1. The van der Waals surface area contributed by atoms with E-state index in [1.54, 1.807) is 17.7 Å². The van der Waals surface area contributed by atoms with Crippen LogP contribution in [0.25, 0.3) is 21.3 Å². The molecule has 1 fully saturated rings. The van der Waals surface area contributed by atoms with Crippen LogP contribution in [0.2, 0.25) is 0 Å². The highest BCUT2D eigenvalue weighted by molar-refractivity contribution is 7.17. The molecule has 8 nitrogen and oxygen atoms in total. The average molecular weight is 581 g/mol. The first-order valence-electron chi connectivity index (χ1n) is 11.5. The summed E-state index contributed by atoms with van der Waals surface area (Å²) in [5.41, 5.74) is 3.79. The lowest BCUT2D eigenvalue weighted by molar-refractivity contribution is -0.193. The van der Waals surface area contributed by atoms with Crippen molar-refractivity contribution in [3.63, 3.8) is 0 Å². The van der Waals surface area contributed by atoms with Crippen molar-refractivity contribution in [3.8, 4) is 11.1 Å². The summed E-state index contributed by atoms with van der Waals surface area (Å²) in [6.07, 6.45) is -7.26. The van der Waals surface area contributed by atoms with E-state index >= 15 is 0 Å². The molecule has 1 aromatic carbocycles. The first-order chi connectivity index (χ1) is 18.1. The number of hydrogen-bond donors (Lipinski definition) is 2. The van der Waals surface area contributed by atoms with E-state index in [0.29, 0.717) is 0 Å². The zero-order chi connectivity index (χ0) is 29.4. The number of carboxylic acid groups (broad SMARTS) is 2. The van der Waals surface area contributed by atoms with Crippen molar-refractivity contribution in [2.24, 2.45) is 0 Å². The fourth-order valence-corrected chi connectivity index (χ4v) is 4.45. The van der Waals surface area contributed by atoms with Gasteiger partial charge in [-0.05, 0) is 32.0 Å². The fourth-order valence-electron chi connectivity index (χ4n) is 3.54. The highest BCUT2D eigenvalue weighted by Crippen LogP contribution is 2.38. The Bertz CT molecular complexity index is 1220. The Morgan fingerprint density at radius 1 is 0.923 bits per heavy atom. The molecule has 0 bridgehead atoms. The Morgan fingerprint density at radius 3 is 2.00 bits per heavy atom. The maximum absolute atomic E-state index is 10.6. The predicted molar refractivity (Wildman–Crippen MR) is 134 cm³/mol. The molecule has 0 saturated carbocycles. The molecule has 0 aliphatic carbocycles. The van der Waals surface area contributed by atoms with Crippen molar-refractivity contribution in [3.05, 3.63) is 41.5 Å². The monoisotopic (exact) mass is 580 g/mol. The summed E-state index contributed by atoms with van der Waals surface area (Å²) in [5, 5.41) is 17.7. The first-order valence-corrected chi connectivity index (χ1v) is 12.4. The predicted octanol–water partition coefficient (Wildman–Crippen LogP) is 5.47. The van der Waals surface area contributed by atoms with Crippen LogP contribution >= 0.6 is 11.3 Å². The second-order valence-electron chi connectivity index (χ2n) is 8.27. The number of aromatic nitrogens is 2. The van der Waals surface area contributed by atoms with Crippen LogP contribution in [0.4, 0.5) is 32.2 Å². The molecule has 0 spiro atoms. The van der Waals surface area contributed by atoms with Crippen LogP contribution in [0.5, 0.6) is 0 Å². The normalized spacial score (nSPS) is 14.5. The molecule has 3 aromatic rings. The van der Waals surface area contributed by atoms with Gasteiger partial charge in [-0.25, -0.2) is 19.6 Å². The molecule has 2 aromatic heterocycles. The summed E-state index contributed by atoms with van der Waals surface area (Å²) in [4.78, 5) is 33.1. The maximum Gasteiger partial charge on any atom is 0.490 e. The lowest BCUT2D eigenvalue weighted by atomic mass is 10.0. The molecule has 0 amide bonds. The quantitative estimate of drug-likeness (QED) is 0.393. The lowest BCUT2D eigenvalue weighted by Gasteiger charge is -2.23. The minimum Gasteiger partial charge on any atom is -0.475 e. The highest BCUT2D eigenvalue weighted by atomic mass is 32.1. The Kier molecular flexibility index (Phi) is 11.0. The van der Waals surface area contributed by atoms with Gasteiger partial charge >= 0.3 is 24.3 Å². The van der Waals surface area contributed by atoms with E-state index in [0.717, 1.165) is 36.8 Å². The molecule has 214 valence electrons. The van der Waals surface area contributed by atoms with Crippen LogP contribution in [0.15, 0.2) is 36.0 Å². The van der Waals surface area contributed by atoms with E-state index in [2.05, 4.69) is 58.3 Å². The number of carboxylic acids is 2. The number of anilines is 1. The molecule has 4 rings (SSSR count). The van der Waals surface area contributed by atoms with Crippen molar-refractivity contribution in [1.82, 2.24) is 14.9 Å². The lowest BCUT2D eigenvalue weighted by Crippen LogP contribution is -2.31. The molecule has 2 N–H and O–H groups in total. The van der Waals surface area contributed by atoms with Crippen molar-refractivity contribution < 1.29 is 46.1 Å². The third kappa shape index (κ3) is 9.35. The van der Waals surface area contributed by atoms with Gasteiger partial charge in [0, 0.05) is 30.6 Å². The zero-order valence-electron chi connectivity index (χ0n) is 20.9. The van der Waals surface area contributed by atoms with Gasteiger partial charge in [0.05, 0.1) is 5.39 Å². The summed E-state index contributed by atoms with van der Waals surface area (Å²) >= 11 is 1.71. The number of aryl methyl sites for hydroxylation is 1. The van der Waals surface area contributed by atoms with Gasteiger partial charge < -0.3 is 20.0 Å². The van der Waals surface area contributed by atoms with Gasteiger partial charge in [-0.15, -0.1) is 11.3 Å². The van der Waals surface area contributed by atoms with E-state index < -0.39 is 24.3 Å². The molecular formula is C24H26F6N4O4S. The van der Waals surface area contributed by atoms with Crippen LogP contribution < -0.4 is 4.90 Å². The average Bonchev–Trinajstić information content (AvgIpc) is 3.14. The van der Waals surface area contributed by atoms with Crippen LogP contribution in [0.3, 0.4) is 0 Å². The largest absolute Gasteiger partial charge is 0.490 e. The van der Waals surface area contributed by atoms with Gasteiger partial charge in [0.25, 0.3) is 0 Å². The molecule has 1 aliphatic rings. The third-order valence-electron chi connectivity index (χ3n) is 5.53. The van der Waals surface area contributed by atoms with Crippen molar-refractivity contribution in [2.45, 2.75) is 32.6 Å². The Balaban J connectivity index is 0.000000317. The standard InChI is InChI=1S/C20H24N4S.2C2HF3O2/c1-3-23-9-4-10-24(12-11-23)19-18-17(13-25-20(18)22-14-21-19)16-7-5-15(2)6-8-16;2*3-2(4,5)1(6)7/h5-8,13-14H,3-4,9-12H2,1-2H3;2*(H,6,7). The third-order valence-corrected chi connectivity index (χ3v) is 6.42. The summed E-state index contributed by atoms with van der Waals surface area (Å²) in [6, 6.07) is 8.75. The second-order valence-corrected chi connectivity index (χ2v) is 9.13. The molecule has 0 unspecified atom stereocenters. The number of carbonyl (C=O) groups is 2. The molecule has 1 aliphatic heterocycles. The van der Waals surface area contributed by atoms with Gasteiger partial charge in [-0.1, -0.05) is 36.8 Å². The fraction of sp³-hybridized carbons (Fsp3) is 0.417. The van der Waals surface area contributed by atoms with Crippen LogP contribution in [-0.2, 0) is 9.59 Å². The number of fused-ring (bicyclic) bond motifs is 1. The van der Waals surface area contributed by atoms with E-state index in [1.165, 1.54) is 35.0 Å². The van der Waals surface area contributed by atoms with Gasteiger partial charge in [0.1, 0.15) is 17.0 Å². The number of aliphatic carboxylic acids is 2. The zero-order valence-corrected chi connectivity index (χ0v) is 21.7. The van der Waals surface area contributed by atoms with Crippen LogP contribution in [-0.4, -0.2) is 82.1 Å². The number of hydrogen-bond acceptors (Lipinski definition) is 7. The van der Waals surface area contributed by atoms with Crippen molar-refractivity contribution >= 4 is 39.3 Å². The maximum atomic E-state index is 10.6. The number of halogens is 6. The first kappa shape index (κ1) is 31.8. The topological polar surface area (TPSA) is 107 Å². The summed E-state index contributed by atoms with van der Waals surface area (Å²) < 4.78 is 63.5. The van der Waals surface area contributed by atoms with Crippen molar-refractivity contribution in [1.29, 1.82) is 0 Å². The van der Waals surface area contributed by atoms with E-state index in [1.807, 2.05) is 0 Å². The summed E-state index contributed by atoms with van der Waals surface area (Å²) in [6.45, 7) is 9.87. The van der Waals surface area contributed by atoms with Crippen LogP contribution in [0.1, 0.15) is 18.9 Å². The number of likely N-dealkylation sites (N-methyl/N-ethyl adjacent to an activating group) is 1. The van der Waals surface area contributed by atoms with Gasteiger partial charge in [-0.2, -0.15) is 26.3 Å². The molecule has 39 heavy (non-hydrogen) atoms. The highest BCUT2D eigenvalue weighted by Gasteiger charge is 2.38. The van der Waals surface area contributed by atoms with E-state index in [4.69, 9.17) is 24.8 Å². The molecule has 15 heteroatoms. The summed E-state index contributed by atoms with van der Waals surface area (Å²) in [7, 11) is 0. The van der Waals surface area contributed by atoms with Crippen LogP contribution in [0, 0.1) is 6.92 Å². The Morgan fingerprint density at radius 2 is 1.49 bits per heavy atom. The molecule has 0 atom stereocenters. The summed E-state index contributed by atoms with van der Waals surface area (Å²) in [5.74, 6) is -4.42. The van der Waals surface area contributed by atoms with E-state index in [-0.39, 0.29) is 0 Å². The second kappa shape index (κ2) is 13.6. The number of nitrogens with zero attached hydrogens (tertiary/aromatic N) is 4. The molecule has 1 saturated heterocycles. The number of alkyl halides is 6. The van der Waals surface area contributed by atoms with Crippen molar-refractivity contribution in [2.75, 3.05) is 37.6 Å². The SMILES string of the molecule is CCN1CCCN(c2ncnc3scc(-c4ccc(C)cc4)c23)CC1.O=C(O)C(F)(F)F.O=C(O)C(F)(F)F. The molecule has 3 heterocycles. The van der Waals surface area contributed by atoms with Gasteiger partial charge in [-0.3, -0.25) is 0 Å². The van der Waals surface area contributed by atoms with E-state index in [9.17, 15) is 26.3 Å². The number of rotatable bonds is 3. The number of thiophene rings is 1. The smallest absolute Gasteiger partial charge is 0.475 e. The van der Waals surface area contributed by atoms with Gasteiger partial charge in [0.2, 0.25) is 0 Å². The minimum absolute atomic E-state index is 1.03. The minimum atomic E-state index is -5.08.